The summed E-state index contributed by atoms with van der Waals surface area (Å²) in [7, 11) is 0. The van der Waals surface area contributed by atoms with Crippen LogP contribution >= 0.6 is 0 Å². The summed E-state index contributed by atoms with van der Waals surface area (Å²) in [4.78, 5) is 28.5. The molecule has 1 heterocycles. The second-order valence-corrected chi connectivity index (χ2v) is 5.33. The summed E-state index contributed by atoms with van der Waals surface area (Å²) in [5.41, 5.74) is 2.01. The second kappa shape index (κ2) is 7.81. The fourth-order valence-electron chi connectivity index (χ4n) is 2.36. The molecule has 0 spiro atoms. The Kier molecular flexibility index (Phi) is 5.11. The topological polar surface area (TPSA) is 84.2 Å². The summed E-state index contributed by atoms with van der Waals surface area (Å²) in [6.07, 6.45) is 8.09. The van der Waals surface area contributed by atoms with Gasteiger partial charge in [-0.05, 0) is 24.3 Å². The zero-order valence-corrected chi connectivity index (χ0v) is 13.7. The molecule has 0 bridgehead atoms. The molecule has 128 valence electrons. The molecule has 2 aromatic carbocycles. The van der Waals surface area contributed by atoms with E-state index in [-0.39, 0.29) is 18.4 Å². The van der Waals surface area contributed by atoms with Crippen molar-refractivity contribution < 1.29 is 14.0 Å². The van der Waals surface area contributed by atoms with E-state index in [9.17, 15) is 9.59 Å². The van der Waals surface area contributed by atoms with Gasteiger partial charge in [0, 0.05) is 11.1 Å². The quantitative estimate of drug-likeness (QED) is 0.696. The summed E-state index contributed by atoms with van der Waals surface area (Å²) in [5.74, 6) is 2.28. The predicted molar refractivity (Wildman–Crippen MR) is 97.5 cm³/mol. The molecule has 3 rings (SSSR count). The lowest BCUT2D eigenvalue weighted by molar-refractivity contribution is 0.0959. The summed E-state index contributed by atoms with van der Waals surface area (Å²) in [5, 5.41) is 5.33. The Morgan fingerprint density at radius 1 is 1.08 bits per heavy atom. The van der Waals surface area contributed by atoms with Crippen molar-refractivity contribution in [3.63, 3.8) is 0 Å². The van der Waals surface area contributed by atoms with Crippen molar-refractivity contribution in [3.8, 4) is 23.7 Å². The van der Waals surface area contributed by atoms with Crippen LogP contribution in [0.4, 0.5) is 5.69 Å². The Labute approximate surface area is 150 Å². The van der Waals surface area contributed by atoms with Crippen LogP contribution in [-0.2, 0) is 0 Å². The Bertz CT molecular complexity index is 955. The minimum Gasteiger partial charge on any atom is -0.444 e. The molecule has 0 atom stereocenters. The molecule has 0 fully saturated rings. The van der Waals surface area contributed by atoms with Gasteiger partial charge in [0.05, 0.1) is 24.0 Å². The summed E-state index contributed by atoms with van der Waals surface area (Å²) >= 11 is 0. The van der Waals surface area contributed by atoms with Gasteiger partial charge in [-0.15, -0.1) is 6.42 Å². The smallest absolute Gasteiger partial charge is 0.255 e. The Balaban J connectivity index is 1.76. The molecule has 0 unspecified atom stereocenters. The lowest BCUT2D eigenvalue weighted by Gasteiger charge is -2.11. The molecule has 0 aliphatic rings. The van der Waals surface area contributed by atoms with Crippen LogP contribution in [0, 0.1) is 12.3 Å². The third kappa shape index (κ3) is 3.79. The minimum atomic E-state index is -0.348. The van der Waals surface area contributed by atoms with Crippen LogP contribution in [-0.4, -0.2) is 23.3 Å². The zero-order chi connectivity index (χ0) is 18.4. The van der Waals surface area contributed by atoms with Crippen LogP contribution in [0.15, 0.2) is 65.5 Å². The van der Waals surface area contributed by atoms with Gasteiger partial charge < -0.3 is 15.1 Å². The van der Waals surface area contributed by atoms with E-state index in [0.717, 1.165) is 5.56 Å². The number of hydrogen-bond acceptors (Lipinski definition) is 4. The average molecular weight is 345 g/mol. The Morgan fingerprint density at radius 2 is 1.85 bits per heavy atom. The number of aromatic nitrogens is 1. The highest BCUT2D eigenvalue weighted by atomic mass is 16.3. The maximum Gasteiger partial charge on any atom is 0.255 e. The molecular weight excluding hydrogens is 330 g/mol. The molecule has 1 aromatic heterocycles. The number of amides is 2. The number of anilines is 1. The maximum atomic E-state index is 12.5. The molecule has 0 radical (unpaired) electrons. The van der Waals surface area contributed by atoms with Gasteiger partial charge in [0.1, 0.15) is 0 Å². The fraction of sp³-hybridized carbons (Fsp3) is 0.0500. The first-order chi connectivity index (χ1) is 12.7. The number of para-hydroxylation sites is 1. The molecule has 6 nitrogen and oxygen atoms in total. The number of oxazole rings is 1. The normalized spacial score (nSPS) is 9.96. The largest absolute Gasteiger partial charge is 0.444 e. The molecule has 0 saturated heterocycles. The molecule has 3 aromatic rings. The first kappa shape index (κ1) is 17.0. The van der Waals surface area contributed by atoms with E-state index in [0.29, 0.717) is 22.6 Å². The van der Waals surface area contributed by atoms with E-state index in [1.165, 1.54) is 6.39 Å². The standard InChI is InChI=1S/C20H15N3O3/c1-2-11-22-20(25)16-5-3-4-6-17(16)23-19(24)15-9-7-14(8-10-15)18-12-21-13-26-18/h1,3-10,12-13H,11H2,(H,22,25)(H,23,24). The number of terminal acetylenes is 1. The highest BCUT2D eigenvalue weighted by molar-refractivity contribution is 6.09. The van der Waals surface area contributed by atoms with Gasteiger partial charge >= 0.3 is 0 Å². The number of carbonyl (C=O) groups is 2. The van der Waals surface area contributed by atoms with Crippen LogP contribution in [0.1, 0.15) is 20.7 Å². The molecule has 2 amide bonds. The number of rotatable bonds is 5. The molecule has 0 saturated carbocycles. The maximum absolute atomic E-state index is 12.5. The van der Waals surface area contributed by atoms with E-state index >= 15 is 0 Å². The zero-order valence-electron chi connectivity index (χ0n) is 13.7. The molecule has 6 heteroatoms. The third-order valence-electron chi connectivity index (χ3n) is 3.63. The van der Waals surface area contributed by atoms with Crippen molar-refractivity contribution in [1.29, 1.82) is 0 Å². The van der Waals surface area contributed by atoms with Crippen molar-refractivity contribution in [2.75, 3.05) is 11.9 Å². The van der Waals surface area contributed by atoms with E-state index in [2.05, 4.69) is 21.5 Å². The number of nitrogens with one attached hydrogen (secondary N) is 2. The SMILES string of the molecule is C#CCNC(=O)c1ccccc1NC(=O)c1ccc(-c2cnco2)cc1. The van der Waals surface area contributed by atoms with Crippen molar-refractivity contribution in [1.82, 2.24) is 10.3 Å². The Hall–Kier alpha value is -3.85. The van der Waals surface area contributed by atoms with Gasteiger partial charge in [-0.25, -0.2) is 4.98 Å². The van der Waals surface area contributed by atoms with Crippen molar-refractivity contribution >= 4 is 17.5 Å². The van der Waals surface area contributed by atoms with Gasteiger partial charge in [-0.3, -0.25) is 9.59 Å². The van der Waals surface area contributed by atoms with Crippen LogP contribution in [0.3, 0.4) is 0 Å². The van der Waals surface area contributed by atoms with Crippen LogP contribution in [0.25, 0.3) is 11.3 Å². The lowest BCUT2D eigenvalue weighted by atomic mass is 10.1. The van der Waals surface area contributed by atoms with E-state index in [4.69, 9.17) is 10.8 Å². The molecule has 26 heavy (non-hydrogen) atoms. The predicted octanol–water partition coefficient (Wildman–Crippen LogP) is 2.96. The van der Waals surface area contributed by atoms with E-state index < -0.39 is 0 Å². The van der Waals surface area contributed by atoms with Gasteiger partial charge in [0.2, 0.25) is 0 Å². The van der Waals surface area contributed by atoms with Gasteiger partial charge in [-0.2, -0.15) is 0 Å². The summed E-state index contributed by atoms with van der Waals surface area (Å²) in [6.45, 7) is 0.115. The molecule has 0 aliphatic carbocycles. The molecule has 0 aliphatic heterocycles. The van der Waals surface area contributed by atoms with Crippen LogP contribution in [0.2, 0.25) is 0 Å². The first-order valence-corrected chi connectivity index (χ1v) is 7.80. The first-order valence-electron chi connectivity index (χ1n) is 7.80. The van der Waals surface area contributed by atoms with Crippen molar-refractivity contribution in [2.24, 2.45) is 0 Å². The monoisotopic (exact) mass is 345 g/mol. The third-order valence-corrected chi connectivity index (χ3v) is 3.63. The van der Waals surface area contributed by atoms with E-state index in [1.54, 1.807) is 54.7 Å². The number of carbonyl (C=O) groups excluding carboxylic acids is 2. The lowest BCUT2D eigenvalue weighted by Crippen LogP contribution is -2.25. The number of hydrogen-bond donors (Lipinski definition) is 2. The van der Waals surface area contributed by atoms with Crippen LogP contribution < -0.4 is 10.6 Å². The number of benzene rings is 2. The highest BCUT2D eigenvalue weighted by Gasteiger charge is 2.14. The molecular formula is C20H15N3O3. The van der Waals surface area contributed by atoms with Gasteiger partial charge in [-0.1, -0.05) is 30.2 Å². The highest BCUT2D eigenvalue weighted by Crippen LogP contribution is 2.20. The fourth-order valence-corrected chi connectivity index (χ4v) is 2.36. The summed E-state index contributed by atoms with van der Waals surface area (Å²) < 4.78 is 5.22. The van der Waals surface area contributed by atoms with Crippen molar-refractivity contribution in [2.45, 2.75) is 0 Å². The average Bonchev–Trinajstić information content (AvgIpc) is 3.21. The minimum absolute atomic E-state index is 0.115. The van der Waals surface area contributed by atoms with Gasteiger partial charge in [0.25, 0.3) is 11.8 Å². The van der Waals surface area contributed by atoms with E-state index in [1.807, 2.05) is 0 Å². The Morgan fingerprint density at radius 3 is 2.54 bits per heavy atom. The second-order valence-electron chi connectivity index (χ2n) is 5.33. The summed E-state index contributed by atoms with van der Waals surface area (Å²) in [6, 6.07) is 13.6. The molecule has 2 N–H and O–H groups in total. The van der Waals surface area contributed by atoms with Crippen molar-refractivity contribution in [3.05, 3.63) is 72.2 Å². The van der Waals surface area contributed by atoms with Crippen LogP contribution in [0.5, 0.6) is 0 Å². The van der Waals surface area contributed by atoms with Gasteiger partial charge in [0.15, 0.2) is 12.2 Å². The number of nitrogens with zero attached hydrogens (tertiary/aromatic N) is 1.